The van der Waals surface area contributed by atoms with Gasteiger partial charge in [0.1, 0.15) is 0 Å². The van der Waals surface area contributed by atoms with Crippen LogP contribution in [0.1, 0.15) is 48.7 Å². The molecule has 0 radical (unpaired) electrons. The second-order valence-electron chi connectivity index (χ2n) is 6.17. The van der Waals surface area contributed by atoms with Crippen LogP contribution in [0, 0.1) is 0 Å². The Morgan fingerprint density at radius 1 is 1.50 bits per heavy atom. The fourth-order valence-electron chi connectivity index (χ4n) is 3.27. The highest BCUT2D eigenvalue weighted by Crippen LogP contribution is 2.33. The largest absolute Gasteiger partial charge is 0.348 e. The molecule has 0 bridgehead atoms. The van der Waals surface area contributed by atoms with Crippen molar-refractivity contribution in [3.8, 4) is 0 Å². The summed E-state index contributed by atoms with van der Waals surface area (Å²) in [5.74, 6) is -0.0417. The van der Waals surface area contributed by atoms with Crippen LogP contribution in [-0.2, 0) is 16.6 Å². The molecule has 3 rings (SSSR count). The minimum absolute atomic E-state index is 0.0773. The highest BCUT2D eigenvalue weighted by atomic mass is 32.1. The molecule has 2 atom stereocenters. The van der Waals surface area contributed by atoms with E-state index in [1.807, 2.05) is 41.9 Å². The van der Waals surface area contributed by atoms with Gasteiger partial charge in [0.15, 0.2) is 0 Å². The van der Waals surface area contributed by atoms with E-state index in [0.29, 0.717) is 0 Å². The van der Waals surface area contributed by atoms with E-state index < -0.39 is 0 Å². The first kappa shape index (κ1) is 16.7. The fourth-order valence-corrected chi connectivity index (χ4v) is 4.05. The van der Waals surface area contributed by atoms with Crippen molar-refractivity contribution in [1.29, 1.82) is 0 Å². The van der Waals surface area contributed by atoms with Gasteiger partial charge in [-0.1, -0.05) is 6.07 Å². The molecule has 0 aromatic carbocycles. The molecule has 6 nitrogen and oxygen atoms in total. The van der Waals surface area contributed by atoms with Crippen molar-refractivity contribution >= 4 is 23.2 Å². The topological polar surface area (TPSA) is 67.2 Å². The zero-order valence-electron chi connectivity index (χ0n) is 13.9. The smallest absolute Gasteiger partial charge is 0.225 e. The van der Waals surface area contributed by atoms with Gasteiger partial charge in [-0.3, -0.25) is 14.3 Å². The summed E-state index contributed by atoms with van der Waals surface area (Å²) in [7, 11) is 1.88. The van der Waals surface area contributed by atoms with E-state index >= 15 is 0 Å². The number of hydrogen-bond acceptors (Lipinski definition) is 4. The van der Waals surface area contributed by atoms with Gasteiger partial charge in [0.05, 0.1) is 24.7 Å². The monoisotopic (exact) mass is 346 g/mol. The number of hydrogen-bond donors (Lipinski definition) is 1. The Kier molecular flexibility index (Phi) is 4.99. The first-order valence-electron chi connectivity index (χ1n) is 8.13. The van der Waals surface area contributed by atoms with E-state index in [4.69, 9.17) is 0 Å². The highest BCUT2D eigenvalue weighted by molar-refractivity contribution is 7.10. The van der Waals surface area contributed by atoms with Gasteiger partial charge in [-0.15, -0.1) is 11.3 Å². The maximum Gasteiger partial charge on any atom is 0.225 e. The molecule has 1 aliphatic heterocycles. The standard InChI is InChI=1S/C17H22N4O2S/c1-12(22)19-14(16-6-4-8-24-16)9-17(23)21-7-3-5-15(21)13-10-18-20(2)11-13/h4,6,8,10-11,14-15H,3,5,7,9H2,1-2H3,(H,19,22). The molecule has 0 aliphatic carbocycles. The maximum atomic E-state index is 12.9. The molecule has 1 saturated heterocycles. The van der Waals surface area contributed by atoms with Gasteiger partial charge in [-0.05, 0) is 24.3 Å². The van der Waals surface area contributed by atoms with Gasteiger partial charge >= 0.3 is 0 Å². The molecule has 2 aromatic heterocycles. The van der Waals surface area contributed by atoms with Crippen molar-refractivity contribution in [3.05, 3.63) is 40.3 Å². The molecular formula is C17H22N4O2S. The molecule has 1 N–H and O–H groups in total. The Labute approximate surface area is 145 Å². The van der Waals surface area contributed by atoms with Crippen LogP contribution in [0.3, 0.4) is 0 Å². The lowest BCUT2D eigenvalue weighted by Crippen LogP contribution is -2.35. The average molecular weight is 346 g/mol. The zero-order valence-corrected chi connectivity index (χ0v) is 14.8. The quantitative estimate of drug-likeness (QED) is 0.904. The number of carbonyl (C=O) groups excluding carboxylic acids is 2. The van der Waals surface area contributed by atoms with Crippen LogP contribution in [0.4, 0.5) is 0 Å². The van der Waals surface area contributed by atoms with Crippen molar-refractivity contribution in [3.63, 3.8) is 0 Å². The third-order valence-corrected chi connectivity index (χ3v) is 5.31. The Bertz CT molecular complexity index is 710. The number of carbonyl (C=O) groups is 2. The number of likely N-dealkylation sites (tertiary alicyclic amines) is 1. The van der Waals surface area contributed by atoms with Crippen molar-refractivity contribution in [2.45, 2.75) is 38.3 Å². The second kappa shape index (κ2) is 7.17. The van der Waals surface area contributed by atoms with E-state index in [2.05, 4.69) is 10.4 Å². The zero-order chi connectivity index (χ0) is 17.1. The molecule has 0 saturated carbocycles. The Morgan fingerprint density at radius 2 is 2.33 bits per heavy atom. The number of rotatable bonds is 5. The van der Waals surface area contributed by atoms with Crippen LogP contribution in [0.15, 0.2) is 29.9 Å². The molecule has 1 aliphatic rings. The number of thiophene rings is 1. The van der Waals surface area contributed by atoms with Crippen molar-refractivity contribution in [1.82, 2.24) is 20.0 Å². The van der Waals surface area contributed by atoms with Crippen molar-refractivity contribution in [2.75, 3.05) is 6.54 Å². The minimum atomic E-state index is -0.259. The Hall–Kier alpha value is -2.15. The van der Waals surface area contributed by atoms with Gasteiger partial charge in [0, 0.05) is 37.2 Å². The molecule has 1 fully saturated rings. The molecule has 2 aromatic rings. The molecule has 24 heavy (non-hydrogen) atoms. The van der Waals surface area contributed by atoms with E-state index in [1.54, 1.807) is 16.0 Å². The van der Waals surface area contributed by atoms with Crippen LogP contribution in [0.2, 0.25) is 0 Å². The number of nitrogens with zero attached hydrogens (tertiary/aromatic N) is 3. The lowest BCUT2D eigenvalue weighted by atomic mass is 10.1. The number of amides is 2. The fraction of sp³-hybridized carbons (Fsp3) is 0.471. The molecule has 7 heteroatoms. The van der Waals surface area contributed by atoms with Gasteiger partial charge in [-0.2, -0.15) is 5.10 Å². The highest BCUT2D eigenvalue weighted by Gasteiger charge is 2.32. The third kappa shape index (κ3) is 3.67. The molecule has 0 spiro atoms. The molecule has 2 amide bonds. The summed E-state index contributed by atoms with van der Waals surface area (Å²) in [5, 5.41) is 9.08. The summed E-state index contributed by atoms with van der Waals surface area (Å²) >= 11 is 1.56. The van der Waals surface area contributed by atoms with Crippen molar-refractivity contribution in [2.24, 2.45) is 7.05 Å². The van der Waals surface area contributed by atoms with Crippen LogP contribution in [0.5, 0.6) is 0 Å². The first-order valence-corrected chi connectivity index (χ1v) is 9.01. The molecule has 3 heterocycles. The number of aryl methyl sites for hydroxylation is 1. The number of nitrogens with one attached hydrogen (secondary N) is 1. The van der Waals surface area contributed by atoms with Crippen LogP contribution < -0.4 is 5.32 Å². The molecule has 2 unspecified atom stereocenters. The minimum Gasteiger partial charge on any atom is -0.348 e. The van der Waals surface area contributed by atoms with Gasteiger partial charge in [0.2, 0.25) is 11.8 Å². The summed E-state index contributed by atoms with van der Waals surface area (Å²) in [6.45, 7) is 2.25. The summed E-state index contributed by atoms with van der Waals surface area (Å²) < 4.78 is 1.77. The average Bonchev–Trinajstić information content (AvgIpc) is 3.27. The van der Waals surface area contributed by atoms with Crippen LogP contribution in [-0.4, -0.2) is 33.0 Å². The SMILES string of the molecule is CC(=O)NC(CC(=O)N1CCCC1c1cnn(C)c1)c1cccs1. The molecular weight excluding hydrogens is 324 g/mol. The third-order valence-electron chi connectivity index (χ3n) is 4.33. The summed E-state index contributed by atoms with van der Waals surface area (Å²) in [5.41, 5.74) is 1.08. The lowest BCUT2D eigenvalue weighted by molar-refractivity contribution is -0.133. The normalized spacial score (nSPS) is 18.6. The number of aromatic nitrogens is 2. The van der Waals surface area contributed by atoms with Gasteiger partial charge < -0.3 is 10.2 Å². The maximum absolute atomic E-state index is 12.9. The van der Waals surface area contributed by atoms with E-state index in [-0.39, 0.29) is 30.3 Å². The van der Waals surface area contributed by atoms with E-state index in [9.17, 15) is 9.59 Å². The Balaban J connectivity index is 1.73. The second-order valence-corrected chi connectivity index (χ2v) is 7.14. The van der Waals surface area contributed by atoms with E-state index in [1.165, 1.54) is 6.92 Å². The van der Waals surface area contributed by atoms with Crippen LogP contribution in [0.25, 0.3) is 0 Å². The Morgan fingerprint density at radius 3 is 2.96 bits per heavy atom. The van der Waals surface area contributed by atoms with Gasteiger partial charge in [-0.25, -0.2) is 0 Å². The predicted molar refractivity (Wildman–Crippen MR) is 92.4 cm³/mol. The summed E-state index contributed by atoms with van der Waals surface area (Å²) in [6, 6.07) is 3.73. The predicted octanol–water partition coefficient (Wildman–Crippen LogP) is 2.41. The van der Waals surface area contributed by atoms with Crippen molar-refractivity contribution < 1.29 is 9.59 Å². The first-order chi connectivity index (χ1) is 11.5. The molecule has 128 valence electrons. The summed E-state index contributed by atoms with van der Waals surface area (Å²) in [6.07, 6.45) is 6.05. The summed E-state index contributed by atoms with van der Waals surface area (Å²) in [4.78, 5) is 27.3. The van der Waals surface area contributed by atoms with E-state index in [0.717, 1.165) is 29.8 Å². The lowest BCUT2D eigenvalue weighted by Gasteiger charge is -2.26. The van der Waals surface area contributed by atoms with Crippen LogP contribution >= 0.6 is 11.3 Å². The van der Waals surface area contributed by atoms with Gasteiger partial charge in [0.25, 0.3) is 0 Å².